The Morgan fingerprint density at radius 1 is 0.864 bits per heavy atom. The summed E-state index contributed by atoms with van der Waals surface area (Å²) in [5.41, 5.74) is 3.29. The van der Waals surface area contributed by atoms with Crippen molar-refractivity contribution < 1.29 is 14.6 Å². The molecule has 7 heteroatoms. The second-order valence-corrected chi connectivity index (χ2v) is 13.8. The smallest absolute Gasteiger partial charge is 0.227 e. The average molecular weight is 638 g/mol. The van der Waals surface area contributed by atoms with Crippen LogP contribution >= 0.6 is 23.2 Å². The number of aliphatic hydroxyl groups excluding tert-OH is 1. The summed E-state index contributed by atoms with van der Waals surface area (Å²) < 4.78 is 5.87. The quantitative estimate of drug-likeness (QED) is 0.234. The van der Waals surface area contributed by atoms with E-state index in [0.29, 0.717) is 23.0 Å². The molecule has 0 aromatic heterocycles. The minimum Gasteiger partial charge on any atom is -0.491 e. The van der Waals surface area contributed by atoms with Gasteiger partial charge < -0.3 is 19.6 Å². The Balaban J connectivity index is 1.31. The van der Waals surface area contributed by atoms with Crippen LogP contribution in [0.25, 0.3) is 0 Å². The van der Waals surface area contributed by atoms with Crippen molar-refractivity contribution in [1.29, 1.82) is 0 Å². The molecular weight excluding hydrogens is 591 g/mol. The summed E-state index contributed by atoms with van der Waals surface area (Å²) in [6, 6.07) is 24.6. The monoisotopic (exact) mass is 636 g/mol. The molecule has 2 heterocycles. The van der Waals surface area contributed by atoms with Crippen molar-refractivity contribution in [1.82, 2.24) is 9.80 Å². The molecule has 236 valence electrons. The molecule has 44 heavy (non-hydrogen) atoms. The summed E-state index contributed by atoms with van der Waals surface area (Å²) in [6.07, 6.45) is 6.16. The van der Waals surface area contributed by atoms with Crippen LogP contribution in [0.1, 0.15) is 69.1 Å². The fraction of sp³-hybridized carbons (Fsp3) is 0.486. The van der Waals surface area contributed by atoms with E-state index in [9.17, 15) is 9.90 Å². The lowest BCUT2D eigenvalue weighted by Crippen LogP contribution is -2.51. The molecule has 2 saturated heterocycles. The van der Waals surface area contributed by atoms with Gasteiger partial charge in [0.1, 0.15) is 5.75 Å². The SMILES string of the molecule is CC(C)Oc1cccc(CC(=O)N2CCCC(CCN3CCC(CCO)(c4ccccc4)CC3)(c3ccc(Cl)c(Cl)c3)C2)c1. The summed E-state index contributed by atoms with van der Waals surface area (Å²) in [4.78, 5) is 18.3. The van der Waals surface area contributed by atoms with Gasteiger partial charge in [0.2, 0.25) is 5.91 Å². The molecule has 1 unspecified atom stereocenters. The number of ether oxygens (including phenoxy) is 1. The topological polar surface area (TPSA) is 53.0 Å². The molecule has 3 aromatic carbocycles. The van der Waals surface area contributed by atoms with Gasteiger partial charge in [0.05, 0.1) is 22.6 Å². The molecule has 2 aliphatic heterocycles. The number of rotatable bonds is 11. The van der Waals surface area contributed by atoms with Crippen LogP contribution in [-0.2, 0) is 22.0 Å². The van der Waals surface area contributed by atoms with Crippen LogP contribution in [0.2, 0.25) is 10.0 Å². The number of benzene rings is 3. The fourth-order valence-electron chi connectivity index (χ4n) is 7.31. The van der Waals surface area contributed by atoms with E-state index in [1.807, 2.05) is 50.2 Å². The van der Waals surface area contributed by atoms with E-state index >= 15 is 0 Å². The zero-order valence-corrected chi connectivity index (χ0v) is 27.6. The molecule has 5 rings (SSSR count). The maximum absolute atomic E-state index is 13.7. The third-order valence-corrected chi connectivity index (χ3v) is 10.5. The van der Waals surface area contributed by atoms with Crippen molar-refractivity contribution in [2.75, 3.05) is 39.3 Å². The van der Waals surface area contributed by atoms with Gasteiger partial charge >= 0.3 is 0 Å². The van der Waals surface area contributed by atoms with Crippen molar-refractivity contribution in [3.05, 3.63) is 99.5 Å². The zero-order chi connectivity index (χ0) is 31.2. The van der Waals surface area contributed by atoms with E-state index in [2.05, 4.69) is 46.2 Å². The van der Waals surface area contributed by atoms with Gasteiger partial charge in [-0.2, -0.15) is 0 Å². The number of carbonyl (C=O) groups excluding carboxylic acids is 1. The Morgan fingerprint density at radius 2 is 1.64 bits per heavy atom. The molecule has 0 spiro atoms. The number of hydrogen-bond donors (Lipinski definition) is 1. The number of halogens is 2. The molecule has 1 amide bonds. The standard InChI is InChI=1S/C37H46Cl2N2O3/c1-28(2)44-32-11-6-8-29(24-32)25-35(43)41-19-7-14-37(27-41,31-12-13-33(38)34(39)26-31)17-22-40-20-15-36(16-21-40,18-23-42)30-9-4-3-5-10-30/h3-6,8-13,24,26,28,42H,7,14-23,25,27H2,1-2H3. The lowest BCUT2D eigenvalue weighted by atomic mass is 9.69. The first kappa shape index (κ1) is 32.8. The molecule has 0 radical (unpaired) electrons. The molecule has 5 nitrogen and oxygen atoms in total. The Bertz CT molecular complexity index is 1390. The highest BCUT2D eigenvalue weighted by Crippen LogP contribution is 2.42. The first-order chi connectivity index (χ1) is 21.2. The van der Waals surface area contributed by atoms with E-state index in [-0.39, 0.29) is 29.4 Å². The van der Waals surface area contributed by atoms with E-state index in [4.69, 9.17) is 27.9 Å². The molecule has 0 saturated carbocycles. The molecule has 1 atom stereocenters. The van der Waals surface area contributed by atoms with Gasteiger partial charge in [0.15, 0.2) is 0 Å². The molecule has 1 N–H and O–H groups in total. The maximum atomic E-state index is 13.7. The van der Waals surface area contributed by atoms with Crippen LogP contribution in [0.5, 0.6) is 5.75 Å². The third-order valence-electron chi connectivity index (χ3n) is 9.78. The lowest BCUT2D eigenvalue weighted by molar-refractivity contribution is -0.132. The van der Waals surface area contributed by atoms with Crippen molar-refractivity contribution in [3.63, 3.8) is 0 Å². The molecule has 2 fully saturated rings. The van der Waals surface area contributed by atoms with Crippen molar-refractivity contribution in [2.24, 2.45) is 0 Å². The largest absolute Gasteiger partial charge is 0.491 e. The number of carbonyl (C=O) groups is 1. The van der Waals surface area contributed by atoms with Crippen LogP contribution in [0.4, 0.5) is 0 Å². The first-order valence-electron chi connectivity index (χ1n) is 16.1. The second kappa shape index (κ2) is 14.7. The molecular formula is C37H46Cl2N2O3. The maximum Gasteiger partial charge on any atom is 0.227 e. The lowest BCUT2D eigenvalue weighted by Gasteiger charge is -2.46. The Morgan fingerprint density at radius 3 is 2.34 bits per heavy atom. The van der Waals surface area contributed by atoms with Crippen LogP contribution in [0.15, 0.2) is 72.8 Å². The van der Waals surface area contributed by atoms with Crippen LogP contribution in [0.3, 0.4) is 0 Å². The number of amides is 1. The number of hydrogen-bond acceptors (Lipinski definition) is 4. The predicted molar refractivity (Wildman–Crippen MR) is 180 cm³/mol. The highest BCUT2D eigenvalue weighted by atomic mass is 35.5. The highest BCUT2D eigenvalue weighted by molar-refractivity contribution is 6.42. The molecule has 2 aliphatic rings. The van der Waals surface area contributed by atoms with Gasteiger partial charge in [0, 0.05) is 25.1 Å². The van der Waals surface area contributed by atoms with Gasteiger partial charge in [-0.3, -0.25) is 4.79 Å². The predicted octanol–water partition coefficient (Wildman–Crippen LogP) is 7.69. The fourth-order valence-corrected chi connectivity index (χ4v) is 7.61. The number of piperidine rings is 2. The Kier molecular flexibility index (Phi) is 10.9. The summed E-state index contributed by atoms with van der Waals surface area (Å²) in [5, 5.41) is 11.0. The zero-order valence-electron chi connectivity index (χ0n) is 26.1. The molecule has 3 aromatic rings. The normalized spacial score (nSPS) is 20.5. The van der Waals surface area contributed by atoms with Gasteiger partial charge in [-0.1, -0.05) is 71.7 Å². The third kappa shape index (κ3) is 7.80. The average Bonchev–Trinajstić information content (AvgIpc) is 3.02. The van der Waals surface area contributed by atoms with Crippen molar-refractivity contribution in [2.45, 2.75) is 75.7 Å². The van der Waals surface area contributed by atoms with E-state index < -0.39 is 0 Å². The van der Waals surface area contributed by atoms with Crippen LogP contribution in [-0.4, -0.2) is 66.2 Å². The minimum atomic E-state index is -0.205. The Labute approximate surface area is 273 Å². The Hall–Kier alpha value is -2.57. The summed E-state index contributed by atoms with van der Waals surface area (Å²) in [7, 11) is 0. The van der Waals surface area contributed by atoms with Crippen molar-refractivity contribution in [3.8, 4) is 5.75 Å². The van der Waals surface area contributed by atoms with Gasteiger partial charge in [-0.15, -0.1) is 0 Å². The molecule has 0 aliphatic carbocycles. The highest BCUT2D eigenvalue weighted by Gasteiger charge is 2.41. The molecule has 0 bridgehead atoms. The number of nitrogens with zero attached hydrogens (tertiary/aromatic N) is 2. The van der Waals surface area contributed by atoms with Gasteiger partial charge in [0.25, 0.3) is 0 Å². The van der Waals surface area contributed by atoms with Crippen LogP contribution < -0.4 is 4.74 Å². The van der Waals surface area contributed by atoms with Gasteiger partial charge in [-0.05, 0) is 118 Å². The van der Waals surface area contributed by atoms with Gasteiger partial charge in [-0.25, -0.2) is 0 Å². The summed E-state index contributed by atoms with van der Waals surface area (Å²) in [6.45, 7) is 8.56. The minimum absolute atomic E-state index is 0.0273. The van der Waals surface area contributed by atoms with Crippen molar-refractivity contribution >= 4 is 29.1 Å². The number of aliphatic hydroxyl groups is 1. The summed E-state index contributed by atoms with van der Waals surface area (Å²) >= 11 is 12.9. The van der Waals surface area contributed by atoms with E-state index in [1.54, 1.807) is 0 Å². The van der Waals surface area contributed by atoms with Crippen LogP contribution in [0, 0.1) is 0 Å². The summed E-state index contributed by atoms with van der Waals surface area (Å²) in [5.74, 6) is 0.941. The number of likely N-dealkylation sites (tertiary alicyclic amines) is 2. The second-order valence-electron chi connectivity index (χ2n) is 13.0. The van der Waals surface area contributed by atoms with E-state index in [0.717, 1.165) is 81.6 Å². The van der Waals surface area contributed by atoms with E-state index in [1.165, 1.54) is 5.56 Å². The first-order valence-corrected chi connectivity index (χ1v) is 16.9.